The Bertz CT molecular complexity index is 990. The van der Waals surface area contributed by atoms with Crippen molar-refractivity contribution in [2.45, 2.75) is 18.6 Å². The lowest BCUT2D eigenvalue weighted by molar-refractivity contribution is -0.134. The smallest absolute Gasteiger partial charge is 0.260 e. The molecule has 1 aromatic heterocycles. The molecule has 0 radical (unpaired) electrons. The number of nitrogens with zero attached hydrogens (tertiary/aromatic N) is 3. The number of aromatic nitrogens is 1. The van der Waals surface area contributed by atoms with Gasteiger partial charge in [0.15, 0.2) is 6.61 Å². The predicted octanol–water partition coefficient (Wildman–Crippen LogP) is 2.88. The van der Waals surface area contributed by atoms with Crippen molar-refractivity contribution in [1.82, 2.24) is 14.8 Å². The number of carbonyl (C=O) groups is 1. The Kier molecular flexibility index (Phi) is 6.26. The highest BCUT2D eigenvalue weighted by atomic mass is 16.5. The van der Waals surface area contributed by atoms with E-state index in [2.05, 4.69) is 9.88 Å². The van der Waals surface area contributed by atoms with Crippen LogP contribution in [-0.2, 0) is 4.79 Å². The van der Waals surface area contributed by atoms with Crippen LogP contribution in [0.1, 0.15) is 18.0 Å². The van der Waals surface area contributed by atoms with Crippen molar-refractivity contribution in [2.24, 2.45) is 0 Å². The molecule has 1 amide bonds. The first-order valence-electron chi connectivity index (χ1n) is 10.3. The van der Waals surface area contributed by atoms with Gasteiger partial charge in [0.25, 0.3) is 5.91 Å². The Morgan fingerprint density at radius 2 is 1.97 bits per heavy atom. The van der Waals surface area contributed by atoms with Gasteiger partial charge in [0.1, 0.15) is 0 Å². The Balaban J connectivity index is 1.47. The normalized spacial score (nSPS) is 17.7. The lowest BCUT2D eigenvalue weighted by atomic mass is 10.0. The molecule has 1 fully saturated rings. The maximum atomic E-state index is 13.0. The van der Waals surface area contributed by atoms with Gasteiger partial charge in [-0.15, -0.1) is 0 Å². The topological polar surface area (TPSA) is 65.9 Å². The van der Waals surface area contributed by atoms with Crippen LogP contribution in [0.5, 0.6) is 5.88 Å². The molecule has 4 rings (SSSR count). The van der Waals surface area contributed by atoms with Crippen LogP contribution in [0.15, 0.2) is 66.9 Å². The van der Waals surface area contributed by atoms with Crippen molar-refractivity contribution in [3.63, 3.8) is 0 Å². The number of rotatable bonds is 7. The van der Waals surface area contributed by atoms with Gasteiger partial charge in [-0.2, -0.15) is 0 Å². The molecular weight excluding hydrogens is 378 g/mol. The molecule has 2 aromatic carbocycles. The largest absolute Gasteiger partial charge is 0.467 e. The second kappa shape index (κ2) is 9.24. The quantitative estimate of drug-likeness (QED) is 0.655. The van der Waals surface area contributed by atoms with Crippen molar-refractivity contribution in [3.05, 3.63) is 72.4 Å². The molecule has 1 saturated heterocycles. The molecule has 1 aliphatic heterocycles. The number of benzene rings is 2. The van der Waals surface area contributed by atoms with Crippen molar-refractivity contribution < 1.29 is 14.6 Å². The molecule has 6 nitrogen and oxygen atoms in total. The van der Waals surface area contributed by atoms with Crippen LogP contribution in [0, 0.1) is 0 Å². The molecule has 0 spiro atoms. The summed E-state index contributed by atoms with van der Waals surface area (Å²) in [5.41, 5.74) is 1.07. The fourth-order valence-electron chi connectivity index (χ4n) is 3.96. The summed E-state index contributed by atoms with van der Waals surface area (Å²) in [5, 5.41) is 11.8. The Hall–Kier alpha value is -2.96. The fraction of sp³-hybridized carbons (Fsp3) is 0.333. The van der Waals surface area contributed by atoms with E-state index in [1.807, 2.05) is 67.7 Å². The first kappa shape index (κ1) is 20.3. The van der Waals surface area contributed by atoms with E-state index < -0.39 is 0 Å². The van der Waals surface area contributed by atoms with E-state index in [1.165, 1.54) is 0 Å². The van der Waals surface area contributed by atoms with E-state index in [0.29, 0.717) is 19.0 Å². The van der Waals surface area contributed by atoms with Crippen LogP contribution < -0.4 is 4.74 Å². The molecule has 1 N–H and O–H groups in total. The molecule has 2 heterocycles. The minimum atomic E-state index is -0.289. The minimum absolute atomic E-state index is 0.0799. The van der Waals surface area contributed by atoms with Crippen LogP contribution >= 0.6 is 0 Å². The third-order valence-corrected chi connectivity index (χ3v) is 5.69. The summed E-state index contributed by atoms with van der Waals surface area (Å²) in [7, 11) is 1.81. The summed E-state index contributed by atoms with van der Waals surface area (Å²) in [4.78, 5) is 21.3. The van der Waals surface area contributed by atoms with Gasteiger partial charge < -0.3 is 14.7 Å². The summed E-state index contributed by atoms with van der Waals surface area (Å²) in [6.07, 6.45) is 2.18. The first-order chi connectivity index (χ1) is 14.6. The summed E-state index contributed by atoms with van der Waals surface area (Å²) < 4.78 is 5.82. The fourth-order valence-corrected chi connectivity index (χ4v) is 3.96. The number of carbonyl (C=O) groups excluding carboxylic acids is 1. The SMILES string of the molecule is CN(C(=O)COc1nccc2ccccc12)[C@H](CN1CC[C@H](O)C1)c1ccccc1. The van der Waals surface area contributed by atoms with Gasteiger partial charge in [-0.1, -0.05) is 48.5 Å². The third kappa shape index (κ3) is 4.61. The molecule has 0 aliphatic carbocycles. The summed E-state index contributed by atoms with van der Waals surface area (Å²) in [5.74, 6) is 0.354. The van der Waals surface area contributed by atoms with Crippen LogP contribution in [0.4, 0.5) is 0 Å². The molecule has 2 atom stereocenters. The van der Waals surface area contributed by atoms with Gasteiger partial charge in [-0.25, -0.2) is 4.98 Å². The summed E-state index contributed by atoms with van der Waals surface area (Å²) in [6.45, 7) is 2.07. The zero-order valence-corrected chi connectivity index (χ0v) is 17.1. The number of ether oxygens (including phenoxy) is 1. The Morgan fingerprint density at radius 1 is 1.20 bits per heavy atom. The van der Waals surface area contributed by atoms with E-state index in [4.69, 9.17) is 4.74 Å². The van der Waals surface area contributed by atoms with Gasteiger partial charge in [-0.3, -0.25) is 9.69 Å². The molecule has 30 heavy (non-hydrogen) atoms. The number of pyridine rings is 1. The van der Waals surface area contributed by atoms with Gasteiger partial charge in [0.2, 0.25) is 5.88 Å². The van der Waals surface area contributed by atoms with E-state index in [1.54, 1.807) is 11.1 Å². The number of aliphatic hydroxyl groups is 1. The molecule has 0 bridgehead atoms. The van der Waals surface area contributed by atoms with Crippen molar-refractivity contribution in [1.29, 1.82) is 0 Å². The number of hydrogen-bond donors (Lipinski definition) is 1. The molecule has 0 unspecified atom stereocenters. The molecule has 156 valence electrons. The van der Waals surface area contributed by atoms with Crippen LogP contribution in [0.2, 0.25) is 0 Å². The van der Waals surface area contributed by atoms with Crippen LogP contribution in [-0.4, -0.2) is 65.2 Å². The maximum Gasteiger partial charge on any atom is 0.260 e. The average Bonchev–Trinajstić information content (AvgIpc) is 3.20. The number of amides is 1. The van der Waals surface area contributed by atoms with E-state index >= 15 is 0 Å². The molecular formula is C24H27N3O3. The second-order valence-corrected chi connectivity index (χ2v) is 7.76. The molecule has 1 aliphatic rings. The molecule has 0 saturated carbocycles. The number of aliphatic hydroxyl groups excluding tert-OH is 1. The van der Waals surface area contributed by atoms with Gasteiger partial charge >= 0.3 is 0 Å². The van der Waals surface area contributed by atoms with Crippen molar-refractivity contribution in [2.75, 3.05) is 33.3 Å². The first-order valence-corrected chi connectivity index (χ1v) is 10.3. The number of β-amino-alcohol motifs (C(OH)–C–C–N with tert-alkyl or cyclic N) is 1. The summed E-state index contributed by atoms with van der Waals surface area (Å²) >= 11 is 0. The van der Waals surface area contributed by atoms with E-state index in [9.17, 15) is 9.90 Å². The van der Waals surface area contributed by atoms with Crippen LogP contribution in [0.3, 0.4) is 0 Å². The maximum absolute atomic E-state index is 13.0. The predicted molar refractivity (Wildman–Crippen MR) is 116 cm³/mol. The lowest BCUT2D eigenvalue weighted by Gasteiger charge is -2.32. The zero-order valence-electron chi connectivity index (χ0n) is 17.1. The molecule has 3 aromatic rings. The Morgan fingerprint density at radius 3 is 2.73 bits per heavy atom. The number of likely N-dealkylation sites (N-methyl/N-ethyl adjacent to an activating group) is 1. The van der Waals surface area contributed by atoms with Gasteiger partial charge in [-0.05, 0) is 29.5 Å². The number of hydrogen-bond acceptors (Lipinski definition) is 5. The second-order valence-electron chi connectivity index (χ2n) is 7.76. The highest BCUT2D eigenvalue weighted by Gasteiger charge is 2.28. The summed E-state index contributed by atoms with van der Waals surface area (Å²) in [6, 6.07) is 19.6. The van der Waals surface area contributed by atoms with Crippen molar-refractivity contribution >= 4 is 16.7 Å². The van der Waals surface area contributed by atoms with E-state index in [0.717, 1.165) is 29.3 Å². The number of likely N-dealkylation sites (tertiary alicyclic amines) is 1. The highest BCUT2D eigenvalue weighted by Crippen LogP contribution is 2.25. The minimum Gasteiger partial charge on any atom is -0.467 e. The standard InChI is InChI=1S/C24H27N3O3/c1-26(22(19-8-3-2-4-9-19)16-27-14-12-20(28)15-27)23(29)17-30-24-21-10-6-5-7-18(21)11-13-25-24/h2-11,13,20,22,28H,12,14-17H2,1H3/t20-,22+/m0/s1. The van der Waals surface area contributed by atoms with Gasteiger partial charge in [0.05, 0.1) is 12.1 Å². The lowest BCUT2D eigenvalue weighted by Crippen LogP contribution is -2.41. The van der Waals surface area contributed by atoms with Crippen molar-refractivity contribution in [3.8, 4) is 5.88 Å². The monoisotopic (exact) mass is 405 g/mol. The molecule has 6 heteroatoms. The Labute approximate surface area is 176 Å². The average molecular weight is 405 g/mol. The third-order valence-electron chi connectivity index (χ3n) is 5.69. The zero-order chi connectivity index (χ0) is 20.9. The highest BCUT2D eigenvalue weighted by molar-refractivity contribution is 5.87. The number of fused-ring (bicyclic) bond motifs is 1. The van der Waals surface area contributed by atoms with Crippen LogP contribution in [0.25, 0.3) is 10.8 Å². The van der Waals surface area contributed by atoms with E-state index in [-0.39, 0.29) is 24.7 Å². The van der Waals surface area contributed by atoms with Gasteiger partial charge in [0, 0.05) is 38.3 Å².